The van der Waals surface area contributed by atoms with Gasteiger partial charge in [0.05, 0.1) is 0 Å². The minimum absolute atomic E-state index is 0.119. The monoisotopic (exact) mass is 339 g/mol. The number of rotatable bonds is 13. The van der Waals surface area contributed by atoms with Gasteiger partial charge >= 0.3 is 0 Å². The maximum Gasteiger partial charge on any atom is 0.239 e. The van der Waals surface area contributed by atoms with Gasteiger partial charge in [-0.2, -0.15) is 0 Å². The molecule has 0 saturated heterocycles. The molecule has 0 aromatic heterocycles. The molecule has 3 atom stereocenters. The van der Waals surface area contributed by atoms with Crippen molar-refractivity contribution in [3.8, 4) is 0 Å². The van der Waals surface area contributed by atoms with Crippen molar-refractivity contribution < 1.29 is 14.4 Å². The van der Waals surface area contributed by atoms with E-state index >= 15 is 0 Å². The Labute approximate surface area is 145 Å². The van der Waals surface area contributed by atoms with E-state index in [1.165, 1.54) is 0 Å². The van der Waals surface area contributed by atoms with E-state index in [1.807, 2.05) is 13.8 Å². The van der Waals surface area contributed by atoms with Crippen LogP contribution in [0.5, 0.6) is 0 Å². The first-order valence-electron chi connectivity index (χ1n) is 9.34. The number of ketones is 1. The Morgan fingerprint density at radius 1 is 1.08 bits per heavy atom. The van der Waals surface area contributed by atoms with Gasteiger partial charge in [-0.25, -0.2) is 0 Å². The fraction of sp³-hybridized carbons (Fsp3) is 0.833. The van der Waals surface area contributed by atoms with Crippen molar-refractivity contribution in [1.29, 1.82) is 0 Å². The van der Waals surface area contributed by atoms with Crippen molar-refractivity contribution in [2.45, 2.75) is 83.7 Å². The average Bonchev–Trinajstić information content (AvgIpc) is 2.48. The molecule has 24 heavy (non-hydrogen) atoms. The molecule has 0 heterocycles. The molecule has 6 nitrogen and oxygen atoms in total. The van der Waals surface area contributed by atoms with Gasteiger partial charge < -0.3 is 16.4 Å². The SMILES string of the molecule is CCCC(=O)NC(CCCCNC1CCC1C(=O)CCC)C(N)=O. The summed E-state index contributed by atoms with van der Waals surface area (Å²) in [6.07, 6.45) is 7.11. The van der Waals surface area contributed by atoms with Gasteiger partial charge in [-0.05, 0) is 51.5 Å². The van der Waals surface area contributed by atoms with Gasteiger partial charge in [-0.1, -0.05) is 13.8 Å². The zero-order valence-corrected chi connectivity index (χ0v) is 15.1. The first-order valence-corrected chi connectivity index (χ1v) is 9.34. The smallest absolute Gasteiger partial charge is 0.239 e. The van der Waals surface area contributed by atoms with Crippen LogP contribution in [0.2, 0.25) is 0 Å². The minimum atomic E-state index is -0.577. The van der Waals surface area contributed by atoms with Gasteiger partial charge in [0.15, 0.2) is 0 Å². The number of carbonyl (C=O) groups is 3. The summed E-state index contributed by atoms with van der Waals surface area (Å²) in [5, 5.41) is 6.15. The number of carbonyl (C=O) groups excluding carboxylic acids is 3. The summed E-state index contributed by atoms with van der Waals surface area (Å²) in [4.78, 5) is 34.9. The van der Waals surface area contributed by atoms with Gasteiger partial charge in [0.25, 0.3) is 0 Å². The van der Waals surface area contributed by atoms with E-state index < -0.39 is 11.9 Å². The Morgan fingerprint density at radius 2 is 1.79 bits per heavy atom. The van der Waals surface area contributed by atoms with E-state index in [9.17, 15) is 14.4 Å². The van der Waals surface area contributed by atoms with E-state index in [4.69, 9.17) is 5.73 Å². The zero-order chi connectivity index (χ0) is 17.9. The molecule has 1 rings (SSSR count). The lowest BCUT2D eigenvalue weighted by atomic mass is 9.75. The van der Waals surface area contributed by atoms with E-state index in [-0.39, 0.29) is 11.8 Å². The van der Waals surface area contributed by atoms with E-state index in [1.54, 1.807) is 0 Å². The fourth-order valence-electron chi connectivity index (χ4n) is 3.10. The third-order valence-electron chi connectivity index (χ3n) is 4.67. The van der Waals surface area contributed by atoms with Crippen LogP contribution in [0.1, 0.15) is 71.6 Å². The van der Waals surface area contributed by atoms with Crippen LogP contribution in [0, 0.1) is 5.92 Å². The molecule has 4 N–H and O–H groups in total. The molecule has 2 amide bonds. The first-order chi connectivity index (χ1) is 11.5. The van der Waals surface area contributed by atoms with Crippen LogP contribution in [-0.2, 0) is 14.4 Å². The largest absolute Gasteiger partial charge is 0.368 e. The lowest BCUT2D eigenvalue weighted by Gasteiger charge is -2.36. The molecule has 6 heteroatoms. The molecule has 0 aromatic carbocycles. The number of primary amides is 1. The Morgan fingerprint density at radius 3 is 2.33 bits per heavy atom. The third kappa shape index (κ3) is 6.99. The molecule has 0 spiro atoms. The van der Waals surface area contributed by atoms with Gasteiger partial charge in [-0.3, -0.25) is 14.4 Å². The zero-order valence-electron chi connectivity index (χ0n) is 15.1. The molecule has 0 aromatic rings. The van der Waals surface area contributed by atoms with Crippen LogP contribution in [0.25, 0.3) is 0 Å². The van der Waals surface area contributed by atoms with Crippen LogP contribution in [0.3, 0.4) is 0 Å². The molecule has 0 bridgehead atoms. The van der Waals surface area contributed by atoms with Crippen molar-refractivity contribution in [2.75, 3.05) is 6.54 Å². The summed E-state index contributed by atoms with van der Waals surface area (Å²) >= 11 is 0. The lowest BCUT2D eigenvalue weighted by molar-refractivity contribution is -0.127. The van der Waals surface area contributed by atoms with E-state index in [2.05, 4.69) is 10.6 Å². The Hall–Kier alpha value is -1.43. The van der Waals surface area contributed by atoms with Crippen molar-refractivity contribution >= 4 is 17.6 Å². The van der Waals surface area contributed by atoms with Crippen molar-refractivity contribution in [3.63, 3.8) is 0 Å². The average molecular weight is 339 g/mol. The van der Waals surface area contributed by atoms with Crippen LogP contribution in [0.15, 0.2) is 0 Å². The molecular formula is C18H33N3O3. The number of hydrogen-bond acceptors (Lipinski definition) is 4. The highest BCUT2D eigenvalue weighted by atomic mass is 16.2. The summed E-state index contributed by atoms with van der Waals surface area (Å²) in [7, 11) is 0. The second kappa shape index (κ2) is 11.2. The quantitative estimate of drug-likeness (QED) is 0.444. The fourth-order valence-corrected chi connectivity index (χ4v) is 3.10. The highest BCUT2D eigenvalue weighted by Crippen LogP contribution is 2.29. The Balaban J connectivity index is 2.18. The predicted octanol–water partition coefficient (Wildman–Crippen LogP) is 1.66. The van der Waals surface area contributed by atoms with Gasteiger partial charge in [0, 0.05) is 24.8 Å². The van der Waals surface area contributed by atoms with Crippen LogP contribution in [0.4, 0.5) is 0 Å². The van der Waals surface area contributed by atoms with Crippen LogP contribution >= 0.6 is 0 Å². The van der Waals surface area contributed by atoms with Crippen molar-refractivity contribution in [3.05, 3.63) is 0 Å². The molecule has 1 aliphatic carbocycles. The maximum atomic E-state index is 11.9. The third-order valence-corrected chi connectivity index (χ3v) is 4.67. The van der Waals surface area contributed by atoms with E-state index in [0.717, 1.165) is 45.1 Å². The number of amides is 2. The predicted molar refractivity (Wildman–Crippen MR) is 94.3 cm³/mol. The minimum Gasteiger partial charge on any atom is -0.368 e. The summed E-state index contributed by atoms with van der Waals surface area (Å²) < 4.78 is 0. The van der Waals surface area contributed by atoms with Gasteiger partial charge in [-0.15, -0.1) is 0 Å². The molecular weight excluding hydrogens is 306 g/mol. The summed E-state index contributed by atoms with van der Waals surface area (Å²) in [6, 6.07) is -0.258. The normalized spacial score (nSPS) is 20.9. The molecule has 3 unspecified atom stereocenters. The maximum absolute atomic E-state index is 11.9. The topological polar surface area (TPSA) is 101 Å². The van der Waals surface area contributed by atoms with Crippen molar-refractivity contribution in [2.24, 2.45) is 11.7 Å². The Bertz CT molecular complexity index is 426. The van der Waals surface area contributed by atoms with Gasteiger partial charge in [0.2, 0.25) is 11.8 Å². The number of unbranched alkanes of at least 4 members (excludes halogenated alkanes) is 1. The summed E-state index contributed by atoms with van der Waals surface area (Å²) in [5.74, 6) is -0.0202. The second-order valence-electron chi connectivity index (χ2n) is 6.73. The highest BCUT2D eigenvalue weighted by Gasteiger charge is 2.34. The molecule has 138 valence electrons. The Kier molecular flexibility index (Phi) is 9.60. The first kappa shape index (κ1) is 20.6. The molecule has 1 saturated carbocycles. The number of nitrogens with one attached hydrogen (secondary N) is 2. The second-order valence-corrected chi connectivity index (χ2v) is 6.73. The summed E-state index contributed by atoms with van der Waals surface area (Å²) in [5.41, 5.74) is 5.35. The molecule has 0 radical (unpaired) electrons. The van der Waals surface area contributed by atoms with Crippen molar-refractivity contribution in [1.82, 2.24) is 10.6 Å². The lowest BCUT2D eigenvalue weighted by Crippen LogP contribution is -2.48. The molecule has 1 aliphatic rings. The number of nitrogens with two attached hydrogens (primary N) is 1. The van der Waals surface area contributed by atoms with Crippen LogP contribution < -0.4 is 16.4 Å². The van der Waals surface area contributed by atoms with E-state index in [0.29, 0.717) is 31.1 Å². The molecule has 1 fully saturated rings. The van der Waals surface area contributed by atoms with Crippen LogP contribution in [-0.4, -0.2) is 36.2 Å². The number of Topliss-reactive ketones (excluding diaryl/α,β-unsaturated/α-hetero) is 1. The standard InChI is InChI=1S/C18H33N3O3/c1-3-7-16(22)13-10-11-14(13)20-12-6-5-9-15(18(19)24)21-17(23)8-4-2/h13-15,20H,3-12H2,1-2H3,(H2,19,24)(H,21,23). The summed E-state index contributed by atoms with van der Waals surface area (Å²) in [6.45, 7) is 4.78. The molecule has 0 aliphatic heterocycles. The number of hydrogen-bond donors (Lipinski definition) is 3. The highest BCUT2D eigenvalue weighted by molar-refractivity contribution is 5.86. The van der Waals surface area contributed by atoms with Gasteiger partial charge in [0.1, 0.15) is 11.8 Å².